The van der Waals surface area contributed by atoms with Crippen LogP contribution in [0.3, 0.4) is 0 Å². The van der Waals surface area contributed by atoms with E-state index in [1.54, 1.807) is 12.1 Å². The van der Waals surface area contributed by atoms with Gasteiger partial charge in [0.2, 0.25) is 0 Å². The van der Waals surface area contributed by atoms with Gasteiger partial charge in [0.25, 0.3) is 0 Å². The predicted molar refractivity (Wildman–Crippen MR) is 108 cm³/mol. The van der Waals surface area contributed by atoms with Crippen molar-refractivity contribution in [1.29, 1.82) is 0 Å². The number of nitrogens with one attached hydrogen (secondary N) is 1. The van der Waals surface area contributed by atoms with Crippen LogP contribution in [0.1, 0.15) is 23.6 Å². The van der Waals surface area contributed by atoms with Crippen LogP contribution in [0.4, 0.5) is 14.5 Å². The number of halogens is 3. The Balaban J connectivity index is 0.00000312. The third-order valence-corrected chi connectivity index (χ3v) is 3.49. The fourth-order valence-corrected chi connectivity index (χ4v) is 2.22. The summed E-state index contributed by atoms with van der Waals surface area (Å²) in [7, 11) is 0. The molecule has 3 N–H and O–H groups in total. The van der Waals surface area contributed by atoms with Crippen LogP contribution in [0, 0.1) is 6.92 Å². The van der Waals surface area contributed by atoms with Crippen molar-refractivity contribution in [3.05, 3.63) is 59.2 Å². The first-order valence-corrected chi connectivity index (χ1v) is 7.68. The molecule has 0 amide bonds. The van der Waals surface area contributed by atoms with Gasteiger partial charge in [0.1, 0.15) is 5.75 Å². The van der Waals surface area contributed by atoms with Crippen molar-refractivity contribution in [3.63, 3.8) is 0 Å². The number of ether oxygens (including phenoxy) is 1. The highest BCUT2D eigenvalue weighted by molar-refractivity contribution is 14.0. The van der Waals surface area contributed by atoms with Crippen molar-refractivity contribution in [1.82, 2.24) is 0 Å². The molecule has 0 radical (unpaired) electrons. The molecule has 2 aromatic carbocycles. The molecule has 0 fully saturated rings. The summed E-state index contributed by atoms with van der Waals surface area (Å²) in [6, 6.07) is 12.8. The maximum atomic E-state index is 12.5. The quantitative estimate of drug-likeness (QED) is 0.373. The maximum Gasteiger partial charge on any atom is 0.387 e. The summed E-state index contributed by atoms with van der Waals surface area (Å²) in [4.78, 5) is 4.20. The average Bonchev–Trinajstić information content (AvgIpc) is 2.55. The smallest absolute Gasteiger partial charge is 0.387 e. The number of anilines is 1. The van der Waals surface area contributed by atoms with E-state index in [1.807, 2.05) is 31.2 Å². The first kappa shape index (κ1) is 21.1. The van der Waals surface area contributed by atoms with Crippen LogP contribution in [0.5, 0.6) is 5.75 Å². The van der Waals surface area contributed by atoms with E-state index >= 15 is 0 Å². The van der Waals surface area contributed by atoms with Crippen LogP contribution in [-0.2, 0) is 13.0 Å². The fourth-order valence-electron chi connectivity index (χ4n) is 2.22. The van der Waals surface area contributed by atoms with Gasteiger partial charge in [0, 0.05) is 11.3 Å². The minimum absolute atomic E-state index is 0. The van der Waals surface area contributed by atoms with Crippen molar-refractivity contribution >= 4 is 35.6 Å². The number of aliphatic imine (C=N–C) groups is 1. The zero-order chi connectivity index (χ0) is 17.5. The van der Waals surface area contributed by atoms with E-state index in [2.05, 4.69) is 22.0 Å². The fraction of sp³-hybridized carbons (Fsp3) is 0.278. The Morgan fingerprint density at radius 2 is 1.88 bits per heavy atom. The van der Waals surface area contributed by atoms with E-state index in [-0.39, 0.29) is 42.2 Å². The van der Waals surface area contributed by atoms with E-state index in [0.717, 1.165) is 17.7 Å². The van der Waals surface area contributed by atoms with Crippen LogP contribution >= 0.6 is 24.0 Å². The molecule has 4 nitrogen and oxygen atoms in total. The number of rotatable bonds is 6. The van der Waals surface area contributed by atoms with Gasteiger partial charge in [-0.15, -0.1) is 24.0 Å². The molecule has 7 heteroatoms. The van der Waals surface area contributed by atoms with Crippen molar-refractivity contribution in [2.45, 2.75) is 33.4 Å². The topological polar surface area (TPSA) is 59.6 Å². The number of nitrogens with zero attached hydrogens (tertiary/aromatic N) is 1. The van der Waals surface area contributed by atoms with E-state index in [0.29, 0.717) is 5.56 Å². The van der Waals surface area contributed by atoms with Gasteiger partial charge in [-0.25, -0.2) is 4.99 Å². The second kappa shape index (κ2) is 10.2. The molecule has 2 rings (SSSR count). The molecular weight excluding hydrogens is 439 g/mol. The average molecular weight is 461 g/mol. The summed E-state index contributed by atoms with van der Waals surface area (Å²) in [5.41, 5.74) is 9.40. The molecule has 0 aliphatic rings. The molecule has 136 valence electrons. The number of hydrogen-bond acceptors (Lipinski definition) is 2. The minimum Gasteiger partial charge on any atom is -0.434 e. The van der Waals surface area contributed by atoms with Gasteiger partial charge in [-0.05, 0) is 37.1 Å². The van der Waals surface area contributed by atoms with Gasteiger partial charge in [-0.3, -0.25) is 0 Å². The van der Waals surface area contributed by atoms with E-state index in [1.165, 1.54) is 11.6 Å². The molecule has 0 saturated carbocycles. The minimum atomic E-state index is -2.87. The highest BCUT2D eigenvalue weighted by Crippen LogP contribution is 2.23. The highest BCUT2D eigenvalue weighted by Gasteiger charge is 2.09. The van der Waals surface area contributed by atoms with Crippen LogP contribution in [0.15, 0.2) is 47.5 Å². The van der Waals surface area contributed by atoms with Crippen LogP contribution in [-0.4, -0.2) is 12.6 Å². The summed E-state index contributed by atoms with van der Waals surface area (Å²) in [6.07, 6.45) is 0.962. The lowest BCUT2D eigenvalue weighted by atomic mass is 10.1. The molecule has 0 aliphatic heterocycles. The molecule has 0 saturated heterocycles. The van der Waals surface area contributed by atoms with Crippen LogP contribution < -0.4 is 15.8 Å². The molecule has 0 aliphatic carbocycles. The van der Waals surface area contributed by atoms with Gasteiger partial charge in [-0.2, -0.15) is 8.78 Å². The summed E-state index contributed by atoms with van der Waals surface area (Å²) < 4.78 is 29.4. The number of alkyl halides is 2. The second-order valence-corrected chi connectivity index (χ2v) is 5.37. The third-order valence-electron chi connectivity index (χ3n) is 3.49. The van der Waals surface area contributed by atoms with Gasteiger partial charge < -0.3 is 15.8 Å². The zero-order valence-corrected chi connectivity index (χ0v) is 16.5. The van der Waals surface area contributed by atoms with Crippen molar-refractivity contribution in [3.8, 4) is 5.75 Å². The number of guanidine groups is 1. The second-order valence-electron chi connectivity index (χ2n) is 5.37. The van der Waals surface area contributed by atoms with Gasteiger partial charge >= 0.3 is 6.61 Å². The highest BCUT2D eigenvalue weighted by atomic mass is 127. The van der Waals surface area contributed by atoms with E-state index < -0.39 is 6.61 Å². The lowest BCUT2D eigenvalue weighted by molar-refractivity contribution is -0.0504. The van der Waals surface area contributed by atoms with Crippen molar-refractivity contribution in [2.24, 2.45) is 10.7 Å². The Bertz CT molecular complexity index is 706. The third kappa shape index (κ3) is 6.85. The molecule has 0 heterocycles. The molecule has 0 spiro atoms. The zero-order valence-electron chi connectivity index (χ0n) is 14.1. The standard InChI is InChI=1S/C18H21F2N3O.HI/c1-3-13-5-7-15(8-6-13)23-18(21)22-11-14-10-12(2)4-9-16(14)24-17(19)20;/h4-10,17H,3,11H2,1-2H3,(H3,21,22,23);1H. The summed E-state index contributed by atoms with van der Waals surface area (Å²) in [6.45, 7) is 1.23. The largest absolute Gasteiger partial charge is 0.434 e. The Hall–Kier alpha value is -1.90. The molecule has 0 aromatic heterocycles. The van der Waals surface area contributed by atoms with Crippen LogP contribution in [0.25, 0.3) is 0 Å². The number of benzene rings is 2. The molecule has 0 bridgehead atoms. The number of aryl methyl sites for hydroxylation is 2. The first-order valence-electron chi connectivity index (χ1n) is 7.68. The SMILES string of the molecule is CCc1ccc(NC(N)=NCc2cc(C)ccc2OC(F)F)cc1.I. The number of nitrogens with two attached hydrogens (primary N) is 1. The first-order chi connectivity index (χ1) is 11.5. The molecule has 0 atom stereocenters. The summed E-state index contributed by atoms with van der Waals surface area (Å²) in [5, 5.41) is 2.98. The predicted octanol–water partition coefficient (Wildman–Crippen LogP) is 4.70. The Morgan fingerprint density at radius 3 is 2.48 bits per heavy atom. The van der Waals surface area contributed by atoms with E-state index in [9.17, 15) is 8.78 Å². The summed E-state index contributed by atoms with van der Waals surface area (Å²) in [5.74, 6) is 0.322. The van der Waals surface area contributed by atoms with E-state index in [4.69, 9.17) is 5.73 Å². The number of hydrogen-bond donors (Lipinski definition) is 2. The maximum absolute atomic E-state index is 12.5. The van der Waals surface area contributed by atoms with Gasteiger partial charge in [0.05, 0.1) is 6.54 Å². The molecular formula is C18H22F2IN3O. The molecule has 25 heavy (non-hydrogen) atoms. The van der Waals surface area contributed by atoms with Crippen molar-refractivity contribution in [2.75, 3.05) is 5.32 Å². The van der Waals surface area contributed by atoms with Gasteiger partial charge in [-0.1, -0.05) is 36.8 Å². The lowest BCUT2D eigenvalue weighted by Gasteiger charge is -2.11. The van der Waals surface area contributed by atoms with Gasteiger partial charge in [0.15, 0.2) is 5.96 Å². The summed E-state index contributed by atoms with van der Waals surface area (Å²) >= 11 is 0. The molecule has 2 aromatic rings. The molecule has 0 unspecified atom stereocenters. The lowest BCUT2D eigenvalue weighted by Crippen LogP contribution is -2.22. The van der Waals surface area contributed by atoms with Crippen molar-refractivity contribution < 1.29 is 13.5 Å². The monoisotopic (exact) mass is 461 g/mol. The Morgan fingerprint density at radius 1 is 1.20 bits per heavy atom. The van der Waals surface area contributed by atoms with Crippen LogP contribution in [0.2, 0.25) is 0 Å². The normalized spacial score (nSPS) is 11.2. The Kier molecular flexibility index (Phi) is 8.60. The Labute approximate surface area is 163 Å².